The predicted molar refractivity (Wildman–Crippen MR) is 50.8 cm³/mol. The van der Waals surface area contributed by atoms with Gasteiger partial charge in [-0.15, -0.1) is 0 Å². The van der Waals surface area contributed by atoms with Gasteiger partial charge in [-0.2, -0.15) is 0 Å². The molecular formula is C9H14N2O2. The van der Waals surface area contributed by atoms with Gasteiger partial charge in [0.25, 0.3) is 5.69 Å². The normalized spacial score (nSPS) is 10.3. The monoisotopic (exact) mass is 182 g/mol. The van der Waals surface area contributed by atoms with Crippen LogP contribution in [0.1, 0.15) is 26.0 Å². The van der Waals surface area contributed by atoms with Crippen LogP contribution in [-0.4, -0.2) is 9.49 Å². The van der Waals surface area contributed by atoms with Gasteiger partial charge in [0, 0.05) is 18.8 Å². The zero-order chi connectivity index (χ0) is 9.84. The molecule has 1 heterocycles. The maximum absolute atomic E-state index is 10.6. The number of aryl methyl sites for hydroxylation is 1. The molecule has 0 bridgehead atoms. The molecule has 0 spiro atoms. The lowest BCUT2D eigenvalue weighted by atomic mass is 10.2. The molecule has 4 heteroatoms. The third-order valence-corrected chi connectivity index (χ3v) is 2.08. The predicted octanol–water partition coefficient (Wildman–Crippen LogP) is 2.37. The Hall–Kier alpha value is -1.32. The van der Waals surface area contributed by atoms with E-state index in [1.807, 2.05) is 18.4 Å². The second-order valence-corrected chi connectivity index (χ2v) is 2.94. The molecule has 0 atom stereocenters. The smallest absolute Gasteiger partial charge is 0.290 e. The number of aromatic nitrogens is 1. The quantitative estimate of drug-likeness (QED) is 0.530. The van der Waals surface area contributed by atoms with E-state index < -0.39 is 0 Å². The van der Waals surface area contributed by atoms with Gasteiger partial charge in [0.05, 0.1) is 10.6 Å². The molecule has 0 saturated carbocycles. The average molecular weight is 182 g/mol. The van der Waals surface area contributed by atoms with Crippen LogP contribution in [0.25, 0.3) is 0 Å². The van der Waals surface area contributed by atoms with E-state index in [1.54, 1.807) is 12.3 Å². The second-order valence-electron chi connectivity index (χ2n) is 2.94. The number of rotatable bonds is 4. The van der Waals surface area contributed by atoms with Crippen molar-refractivity contribution in [1.29, 1.82) is 0 Å². The van der Waals surface area contributed by atoms with Crippen molar-refractivity contribution in [3.05, 3.63) is 28.1 Å². The fourth-order valence-corrected chi connectivity index (χ4v) is 1.46. The van der Waals surface area contributed by atoms with Crippen molar-refractivity contribution in [1.82, 2.24) is 4.57 Å². The van der Waals surface area contributed by atoms with Crippen molar-refractivity contribution >= 4 is 5.69 Å². The summed E-state index contributed by atoms with van der Waals surface area (Å²) in [6.45, 7) is 4.81. The molecular weight excluding hydrogens is 168 g/mol. The minimum absolute atomic E-state index is 0.253. The van der Waals surface area contributed by atoms with E-state index in [4.69, 9.17) is 0 Å². The lowest BCUT2D eigenvalue weighted by molar-refractivity contribution is -0.385. The van der Waals surface area contributed by atoms with Crippen LogP contribution in [0.4, 0.5) is 5.69 Å². The van der Waals surface area contributed by atoms with Gasteiger partial charge in [-0.05, 0) is 13.3 Å². The number of nitrogens with zero attached hydrogens (tertiary/aromatic N) is 2. The Labute approximate surface area is 77.3 Å². The van der Waals surface area contributed by atoms with E-state index in [2.05, 4.69) is 0 Å². The van der Waals surface area contributed by atoms with E-state index in [-0.39, 0.29) is 10.6 Å². The summed E-state index contributed by atoms with van der Waals surface area (Å²) in [7, 11) is 0. The molecule has 0 N–H and O–H groups in total. The summed E-state index contributed by atoms with van der Waals surface area (Å²) >= 11 is 0. The van der Waals surface area contributed by atoms with Gasteiger partial charge in [0.1, 0.15) is 0 Å². The van der Waals surface area contributed by atoms with Crippen molar-refractivity contribution in [3.8, 4) is 0 Å². The van der Waals surface area contributed by atoms with Crippen molar-refractivity contribution < 1.29 is 4.92 Å². The largest absolute Gasteiger partial charge is 0.346 e. The molecule has 72 valence electrons. The maximum Gasteiger partial charge on any atom is 0.290 e. The third kappa shape index (κ3) is 1.88. The first kappa shape index (κ1) is 9.77. The van der Waals surface area contributed by atoms with Crippen LogP contribution in [0.5, 0.6) is 0 Å². The maximum atomic E-state index is 10.6. The standard InChI is InChI=1S/C9H14N2O2/c1-3-5-8-9(11(12)13)6-7-10(8)4-2/h6-7H,3-5H2,1-2H3. The van der Waals surface area contributed by atoms with Gasteiger partial charge in [0.15, 0.2) is 0 Å². The molecule has 4 nitrogen and oxygen atoms in total. The minimum atomic E-state index is -0.308. The number of nitro groups is 1. The van der Waals surface area contributed by atoms with Crippen LogP contribution in [0.3, 0.4) is 0 Å². The van der Waals surface area contributed by atoms with Gasteiger partial charge in [-0.3, -0.25) is 10.1 Å². The summed E-state index contributed by atoms with van der Waals surface area (Å²) in [5, 5.41) is 10.6. The highest BCUT2D eigenvalue weighted by atomic mass is 16.6. The summed E-state index contributed by atoms with van der Waals surface area (Å²) in [6.07, 6.45) is 3.49. The Morgan fingerprint density at radius 3 is 2.69 bits per heavy atom. The summed E-state index contributed by atoms with van der Waals surface area (Å²) in [4.78, 5) is 10.3. The van der Waals surface area contributed by atoms with Crippen LogP contribution in [0.2, 0.25) is 0 Å². The highest BCUT2D eigenvalue weighted by Gasteiger charge is 2.16. The Bertz CT molecular complexity index is 305. The average Bonchev–Trinajstić information content (AvgIpc) is 2.48. The summed E-state index contributed by atoms with van der Waals surface area (Å²) < 4.78 is 1.93. The minimum Gasteiger partial charge on any atom is -0.346 e. The van der Waals surface area contributed by atoms with Gasteiger partial charge in [-0.1, -0.05) is 13.3 Å². The van der Waals surface area contributed by atoms with E-state index in [9.17, 15) is 10.1 Å². The molecule has 0 aliphatic carbocycles. The van der Waals surface area contributed by atoms with Crippen LogP contribution in [-0.2, 0) is 13.0 Å². The topological polar surface area (TPSA) is 48.1 Å². The van der Waals surface area contributed by atoms with Crippen molar-refractivity contribution in [2.75, 3.05) is 0 Å². The molecule has 0 amide bonds. The Morgan fingerprint density at radius 2 is 2.23 bits per heavy atom. The van der Waals surface area contributed by atoms with Crippen molar-refractivity contribution in [3.63, 3.8) is 0 Å². The van der Waals surface area contributed by atoms with E-state index >= 15 is 0 Å². The lowest BCUT2D eigenvalue weighted by Gasteiger charge is -2.03. The molecule has 1 rings (SSSR count). The lowest BCUT2D eigenvalue weighted by Crippen LogP contribution is -2.01. The Balaban J connectivity index is 3.06. The summed E-state index contributed by atoms with van der Waals surface area (Å²) in [6, 6.07) is 1.58. The first-order valence-corrected chi connectivity index (χ1v) is 4.53. The first-order chi connectivity index (χ1) is 6.20. The molecule has 13 heavy (non-hydrogen) atoms. The molecule has 0 aliphatic heterocycles. The van der Waals surface area contributed by atoms with Gasteiger partial charge < -0.3 is 4.57 Å². The zero-order valence-electron chi connectivity index (χ0n) is 7.99. The second kappa shape index (κ2) is 4.07. The highest BCUT2D eigenvalue weighted by Crippen LogP contribution is 2.21. The van der Waals surface area contributed by atoms with Crippen molar-refractivity contribution in [2.24, 2.45) is 0 Å². The van der Waals surface area contributed by atoms with Gasteiger partial charge >= 0.3 is 0 Å². The molecule has 1 aromatic rings. The molecule has 0 aromatic carbocycles. The van der Waals surface area contributed by atoms with Gasteiger partial charge in [0.2, 0.25) is 0 Å². The first-order valence-electron chi connectivity index (χ1n) is 4.53. The Kier molecular flexibility index (Phi) is 3.06. The van der Waals surface area contributed by atoms with Crippen LogP contribution < -0.4 is 0 Å². The SMILES string of the molecule is CCCc1c([N+](=O)[O-])ccn1CC. The molecule has 0 unspecified atom stereocenters. The molecule has 1 aromatic heterocycles. The van der Waals surface area contributed by atoms with Crippen LogP contribution in [0.15, 0.2) is 12.3 Å². The van der Waals surface area contributed by atoms with E-state index in [0.29, 0.717) is 0 Å². The summed E-state index contributed by atoms with van der Waals surface area (Å²) in [5.41, 5.74) is 1.10. The van der Waals surface area contributed by atoms with Crippen LogP contribution >= 0.6 is 0 Å². The zero-order valence-corrected chi connectivity index (χ0v) is 7.99. The van der Waals surface area contributed by atoms with E-state index in [1.165, 1.54) is 0 Å². The molecule has 0 aliphatic rings. The van der Waals surface area contributed by atoms with Crippen LogP contribution in [0, 0.1) is 10.1 Å². The molecule has 0 fully saturated rings. The summed E-state index contributed by atoms with van der Waals surface area (Å²) in [5.74, 6) is 0. The fraction of sp³-hybridized carbons (Fsp3) is 0.556. The highest BCUT2D eigenvalue weighted by molar-refractivity contribution is 5.36. The number of hydrogen-bond acceptors (Lipinski definition) is 2. The number of hydrogen-bond donors (Lipinski definition) is 0. The van der Waals surface area contributed by atoms with Crippen molar-refractivity contribution in [2.45, 2.75) is 33.2 Å². The van der Waals surface area contributed by atoms with Gasteiger partial charge in [-0.25, -0.2) is 0 Å². The Morgan fingerprint density at radius 1 is 1.54 bits per heavy atom. The molecule has 0 saturated heterocycles. The molecule has 0 radical (unpaired) electrons. The fourth-order valence-electron chi connectivity index (χ4n) is 1.46. The van der Waals surface area contributed by atoms with E-state index in [0.717, 1.165) is 25.1 Å². The third-order valence-electron chi connectivity index (χ3n) is 2.08.